The molecule has 1 aliphatic rings. The lowest BCUT2D eigenvalue weighted by atomic mass is 9.88. The second-order valence-corrected chi connectivity index (χ2v) is 3.33. The van der Waals surface area contributed by atoms with E-state index in [9.17, 15) is 19.8 Å². The van der Waals surface area contributed by atoms with Crippen molar-refractivity contribution in [2.45, 2.75) is 6.92 Å². The number of aliphatic hydroxyl groups is 1. The van der Waals surface area contributed by atoms with E-state index in [1.165, 1.54) is 25.1 Å². The lowest BCUT2D eigenvalue weighted by Crippen LogP contribution is -2.20. The number of rotatable bonds is 0. The van der Waals surface area contributed by atoms with Crippen LogP contribution in [0.25, 0.3) is 0 Å². The highest BCUT2D eigenvalue weighted by Gasteiger charge is 2.31. The van der Waals surface area contributed by atoms with Gasteiger partial charge in [0.25, 0.3) is 0 Å². The first kappa shape index (κ1) is 9.45. The smallest absolute Gasteiger partial charge is 0.232 e. The number of hydrogen-bond acceptors (Lipinski definition) is 4. The van der Waals surface area contributed by atoms with Crippen LogP contribution in [0.15, 0.2) is 29.5 Å². The largest absolute Gasteiger partial charge is 0.507 e. The molecular weight excluding hydrogens is 196 g/mol. The zero-order chi connectivity index (χ0) is 11.2. The maximum Gasteiger partial charge on any atom is 0.232 e. The third-order valence-electron chi connectivity index (χ3n) is 2.43. The zero-order valence-electron chi connectivity index (χ0n) is 7.94. The van der Waals surface area contributed by atoms with Crippen molar-refractivity contribution in [3.8, 4) is 5.75 Å². The molecular formula is C11H8O4. The average Bonchev–Trinajstić information content (AvgIpc) is 2.23. The van der Waals surface area contributed by atoms with Gasteiger partial charge in [0.05, 0.1) is 5.56 Å². The number of fused-ring (bicyclic) bond motifs is 1. The molecule has 0 aliphatic heterocycles. The molecule has 1 aliphatic carbocycles. The van der Waals surface area contributed by atoms with E-state index in [1.807, 2.05) is 0 Å². The number of phenols is 1. The predicted molar refractivity (Wildman–Crippen MR) is 52.1 cm³/mol. The number of hydrogen-bond donors (Lipinski definition) is 2. The van der Waals surface area contributed by atoms with E-state index in [0.717, 1.165) is 0 Å². The summed E-state index contributed by atoms with van der Waals surface area (Å²) in [5.41, 5.74) is 0.0269. The third-order valence-corrected chi connectivity index (χ3v) is 2.43. The molecule has 0 radical (unpaired) electrons. The van der Waals surface area contributed by atoms with E-state index in [1.54, 1.807) is 0 Å². The van der Waals surface area contributed by atoms with Crippen LogP contribution in [-0.2, 0) is 0 Å². The Morgan fingerprint density at radius 3 is 2.40 bits per heavy atom. The number of ketones is 2. The van der Waals surface area contributed by atoms with Crippen LogP contribution in [0.5, 0.6) is 5.75 Å². The molecule has 4 heteroatoms. The van der Waals surface area contributed by atoms with Crippen LogP contribution >= 0.6 is 0 Å². The highest BCUT2D eigenvalue weighted by molar-refractivity contribution is 6.26. The van der Waals surface area contributed by atoms with Crippen LogP contribution in [0.3, 0.4) is 0 Å². The summed E-state index contributed by atoms with van der Waals surface area (Å²) in [5.74, 6) is -2.02. The molecule has 1 aromatic carbocycles. The molecule has 76 valence electrons. The molecule has 4 nitrogen and oxygen atoms in total. The van der Waals surface area contributed by atoms with Crippen molar-refractivity contribution in [3.63, 3.8) is 0 Å². The van der Waals surface area contributed by atoms with Crippen molar-refractivity contribution in [1.82, 2.24) is 0 Å². The first-order chi connectivity index (χ1) is 7.04. The van der Waals surface area contributed by atoms with Gasteiger partial charge in [0.1, 0.15) is 5.75 Å². The Hall–Kier alpha value is -2.10. The summed E-state index contributed by atoms with van der Waals surface area (Å²) in [5, 5.41) is 18.8. The molecule has 0 atom stereocenters. The van der Waals surface area contributed by atoms with Gasteiger partial charge < -0.3 is 10.2 Å². The van der Waals surface area contributed by atoms with Gasteiger partial charge in [0.15, 0.2) is 11.5 Å². The standard InChI is InChI=1S/C11H8O4/c1-5-9(13)6-3-2-4-7(12)8(6)11(15)10(5)14/h2-4,12,14H,1H3. The molecule has 0 amide bonds. The molecule has 15 heavy (non-hydrogen) atoms. The van der Waals surface area contributed by atoms with E-state index < -0.39 is 17.3 Å². The highest BCUT2D eigenvalue weighted by atomic mass is 16.3. The van der Waals surface area contributed by atoms with Crippen molar-refractivity contribution in [2.24, 2.45) is 0 Å². The van der Waals surface area contributed by atoms with Crippen molar-refractivity contribution in [3.05, 3.63) is 40.7 Å². The first-order valence-corrected chi connectivity index (χ1v) is 4.35. The van der Waals surface area contributed by atoms with E-state index in [0.29, 0.717) is 0 Å². The molecule has 0 saturated heterocycles. The summed E-state index contributed by atoms with van der Waals surface area (Å²) in [7, 11) is 0. The van der Waals surface area contributed by atoms with E-state index in [2.05, 4.69) is 0 Å². The fraction of sp³-hybridized carbons (Fsp3) is 0.0909. The molecule has 2 N–H and O–H groups in total. The Morgan fingerprint density at radius 1 is 1.07 bits per heavy atom. The number of Topliss-reactive ketones (excluding diaryl/α,β-unsaturated/α-hetero) is 2. The minimum absolute atomic E-state index is 0.0121. The topological polar surface area (TPSA) is 74.6 Å². The number of phenolic OH excluding ortho intramolecular Hbond substituents is 1. The Kier molecular flexibility index (Phi) is 1.86. The van der Waals surface area contributed by atoms with Gasteiger partial charge in [0.2, 0.25) is 5.78 Å². The zero-order valence-corrected chi connectivity index (χ0v) is 7.94. The van der Waals surface area contributed by atoms with Gasteiger partial charge in [-0.25, -0.2) is 0 Å². The minimum atomic E-state index is -0.708. The number of carbonyl (C=O) groups excluding carboxylic acids is 2. The van der Waals surface area contributed by atoms with Gasteiger partial charge in [-0.05, 0) is 13.0 Å². The molecule has 1 aromatic rings. The number of allylic oxidation sites excluding steroid dienone is 2. The summed E-state index contributed by atoms with van der Waals surface area (Å²) in [6.45, 7) is 1.38. The molecule has 0 fully saturated rings. The summed E-state index contributed by atoms with van der Waals surface area (Å²) in [6, 6.07) is 4.23. The quantitative estimate of drug-likeness (QED) is 0.673. The predicted octanol–water partition coefficient (Wildman–Crippen LogP) is 1.60. The first-order valence-electron chi connectivity index (χ1n) is 4.35. The Bertz CT molecular complexity index is 511. The summed E-state index contributed by atoms with van der Waals surface area (Å²) < 4.78 is 0. The summed E-state index contributed by atoms with van der Waals surface area (Å²) >= 11 is 0. The van der Waals surface area contributed by atoms with Crippen molar-refractivity contribution >= 4 is 11.6 Å². The fourth-order valence-electron chi connectivity index (χ4n) is 1.57. The van der Waals surface area contributed by atoms with Gasteiger partial charge >= 0.3 is 0 Å². The van der Waals surface area contributed by atoms with Gasteiger partial charge in [-0.2, -0.15) is 0 Å². The van der Waals surface area contributed by atoms with Gasteiger partial charge in [-0.1, -0.05) is 12.1 Å². The number of aliphatic hydroxyl groups excluding tert-OH is 1. The minimum Gasteiger partial charge on any atom is -0.507 e. The lowest BCUT2D eigenvalue weighted by Gasteiger charge is -2.15. The second kappa shape index (κ2) is 2.95. The molecule has 0 saturated carbocycles. The maximum absolute atomic E-state index is 11.6. The van der Waals surface area contributed by atoms with Crippen LogP contribution < -0.4 is 0 Å². The van der Waals surface area contributed by atoms with Crippen LogP contribution in [0.2, 0.25) is 0 Å². The normalized spacial score (nSPS) is 15.5. The molecule has 0 bridgehead atoms. The molecule has 0 heterocycles. The molecule has 0 spiro atoms. The molecule has 2 rings (SSSR count). The third kappa shape index (κ3) is 1.15. The Labute approximate surface area is 85.5 Å². The summed E-state index contributed by atoms with van der Waals surface area (Å²) in [4.78, 5) is 23.2. The number of aromatic hydroxyl groups is 1. The average molecular weight is 204 g/mol. The van der Waals surface area contributed by atoms with Crippen molar-refractivity contribution in [2.75, 3.05) is 0 Å². The fourth-order valence-corrected chi connectivity index (χ4v) is 1.57. The van der Waals surface area contributed by atoms with Crippen LogP contribution in [0, 0.1) is 0 Å². The number of benzene rings is 1. The summed E-state index contributed by atoms with van der Waals surface area (Å²) in [6.07, 6.45) is 0. The van der Waals surface area contributed by atoms with Crippen LogP contribution in [0.1, 0.15) is 27.6 Å². The Morgan fingerprint density at radius 2 is 1.73 bits per heavy atom. The number of carbonyl (C=O) groups is 2. The van der Waals surface area contributed by atoms with Gasteiger partial charge in [-0.3, -0.25) is 9.59 Å². The lowest BCUT2D eigenvalue weighted by molar-refractivity contribution is 0.0926. The monoisotopic (exact) mass is 204 g/mol. The van der Waals surface area contributed by atoms with Gasteiger partial charge in [-0.15, -0.1) is 0 Å². The van der Waals surface area contributed by atoms with E-state index in [4.69, 9.17) is 0 Å². The van der Waals surface area contributed by atoms with Gasteiger partial charge in [0, 0.05) is 11.1 Å². The van der Waals surface area contributed by atoms with Crippen molar-refractivity contribution in [1.29, 1.82) is 0 Å². The van der Waals surface area contributed by atoms with Crippen LogP contribution in [-0.4, -0.2) is 21.8 Å². The van der Waals surface area contributed by atoms with Crippen LogP contribution in [0.4, 0.5) is 0 Å². The highest BCUT2D eigenvalue weighted by Crippen LogP contribution is 2.30. The van der Waals surface area contributed by atoms with E-state index >= 15 is 0 Å². The molecule has 0 aromatic heterocycles. The maximum atomic E-state index is 11.6. The molecule has 0 unspecified atom stereocenters. The van der Waals surface area contributed by atoms with E-state index in [-0.39, 0.29) is 22.4 Å². The van der Waals surface area contributed by atoms with Crippen molar-refractivity contribution < 1.29 is 19.8 Å². The Balaban J connectivity index is 2.79. The SMILES string of the molecule is CC1=C(O)C(=O)c2c(O)cccc2C1=O. The second-order valence-electron chi connectivity index (χ2n) is 3.33.